The van der Waals surface area contributed by atoms with E-state index in [1.54, 1.807) is 30.3 Å². The highest BCUT2D eigenvalue weighted by molar-refractivity contribution is 8.04. The van der Waals surface area contributed by atoms with Crippen LogP contribution in [-0.4, -0.2) is 42.9 Å². The second kappa shape index (κ2) is 10.2. The van der Waals surface area contributed by atoms with Crippen molar-refractivity contribution in [3.63, 3.8) is 0 Å². The average Bonchev–Trinajstić information content (AvgIpc) is 3.12. The van der Waals surface area contributed by atoms with Gasteiger partial charge in [-0.3, -0.25) is 9.59 Å². The molecule has 0 aromatic heterocycles. The highest BCUT2D eigenvalue weighted by Crippen LogP contribution is 2.42. The number of thioether (sulfide) groups is 1. The first-order chi connectivity index (χ1) is 16.9. The van der Waals surface area contributed by atoms with Gasteiger partial charge in [0.2, 0.25) is 0 Å². The molecule has 0 saturated carbocycles. The lowest BCUT2D eigenvalue weighted by Crippen LogP contribution is -2.47. The lowest BCUT2D eigenvalue weighted by atomic mass is 10.2. The van der Waals surface area contributed by atoms with E-state index in [0.29, 0.717) is 28.7 Å². The van der Waals surface area contributed by atoms with Gasteiger partial charge in [0, 0.05) is 41.8 Å². The quantitative estimate of drug-likeness (QED) is 0.350. The molecule has 0 aliphatic carbocycles. The number of para-hydroxylation sites is 1. The van der Waals surface area contributed by atoms with Crippen molar-refractivity contribution >= 4 is 69.8 Å². The normalized spacial score (nSPS) is 16.5. The van der Waals surface area contributed by atoms with Crippen molar-refractivity contribution in [1.82, 2.24) is 4.90 Å². The minimum atomic E-state index is -0.417. The van der Waals surface area contributed by atoms with Gasteiger partial charge in [-0.15, -0.1) is 0 Å². The number of carbonyl (C=O) groups excluding carboxylic acids is 2. The summed E-state index contributed by atoms with van der Waals surface area (Å²) in [6, 6.07) is 22.3. The van der Waals surface area contributed by atoms with E-state index >= 15 is 0 Å². The first kappa shape index (κ1) is 24.1. The Morgan fingerprint density at radius 3 is 2.03 bits per heavy atom. The maximum absolute atomic E-state index is 13.7. The molecule has 2 heterocycles. The molecule has 0 bridgehead atoms. The van der Waals surface area contributed by atoms with Crippen LogP contribution in [-0.2, 0) is 9.59 Å². The van der Waals surface area contributed by atoms with Crippen LogP contribution in [0.15, 0.2) is 88.3 Å². The zero-order chi connectivity index (χ0) is 24.5. The Bertz CT molecular complexity index is 1310. The Labute approximate surface area is 222 Å². The average molecular weight is 545 g/mol. The van der Waals surface area contributed by atoms with E-state index in [4.69, 9.17) is 34.8 Å². The monoisotopic (exact) mass is 543 g/mol. The van der Waals surface area contributed by atoms with Gasteiger partial charge in [-0.1, -0.05) is 70.8 Å². The molecule has 0 unspecified atom stereocenters. The van der Waals surface area contributed by atoms with Crippen molar-refractivity contribution in [1.29, 1.82) is 0 Å². The summed E-state index contributed by atoms with van der Waals surface area (Å²) in [5, 5.41) is 1.05. The summed E-state index contributed by atoms with van der Waals surface area (Å²) in [7, 11) is 0. The molecule has 0 radical (unpaired) electrons. The van der Waals surface area contributed by atoms with Crippen LogP contribution >= 0.6 is 46.6 Å². The summed E-state index contributed by atoms with van der Waals surface area (Å²) in [5.74, 6) is -0.816. The highest BCUT2D eigenvalue weighted by Gasteiger charge is 2.44. The van der Waals surface area contributed by atoms with Gasteiger partial charge >= 0.3 is 0 Å². The molecule has 178 valence electrons. The number of imide groups is 1. The molecule has 3 aromatic rings. The first-order valence-corrected chi connectivity index (χ1v) is 12.9. The number of carbonyl (C=O) groups is 2. The highest BCUT2D eigenvalue weighted by atomic mass is 35.5. The van der Waals surface area contributed by atoms with Gasteiger partial charge in [-0.2, -0.15) is 0 Å². The minimum absolute atomic E-state index is 0.168. The third-order valence-electron chi connectivity index (χ3n) is 5.94. The molecular formula is C26H20Cl3N3O2S. The third kappa shape index (κ3) is 4.76. The molecule has 35 heavy (non-hydrogen) atoms. The second-order valence-corrected chi connectivity index (χ2v) is 10.4. The molecular weight excluding hydrogens is 525 g/mol. The maximum Gasteiger partial charge on any atom is 0.283 e. The van der Waals surface area contributed by atoms with Gasteiger partial charge in [0.15, 0.2) is 0 Å². The Balaban J connectivity index is 1.48. The van der Waals surface area contributed by atoms with Gasteiger partial charge in [-0.05, 0) is 48.5 Å². The Morgan fingerprint density at radius 1 is 0.686 bits per heavy atom. The number of amides is 2. The fraction of sp³-hybridized carbons (Fsp3) is 0.154. The summed E-state index contributed by atoms with van der Waals surface area (Å²) >= 11 is 19.9. The summed E-state index contributed by atoms with van der Waals surface area (Å²) < 4.78 is 0. The lowest BCUT2D eigenvalue weighted by molar-refractivity contribution is -0.121. The maximum atomic E-state index is 13.7. The number of piperazine rings is 1. The molecule has 2 aliphatic heterocycles. The number of rotatable bonds is 5. The smallest absolute Gasteiger partial charge is 0.283 e. The van der Waals surface area contributed by atoms with Crippen LogP contribution in [0.2, 0.25) is 15.1 Å². The van der Waals surface area contributed by atoms with Gasteiger partial charge in [0.1, 0.15) is 10.6 Å². The topological polar surface area (TPSA) is 43.9 Å². The van der Waals surface area contributed by atoms with E-state index in [0.717, 1.165) is 28.6 Å². The number of hydrogen-bond donors (Lipinski definition) is 0. The zero-order valence-electron chi connectivity index (χ0n) is 18.5. The van der Waals surface area contributed by atoms with Crippen molar-refractivity contribution < 1.29 is 9.59 Å². The lowest BCUT2D eigenvalue weighted by Gasteiger charge is -2.37. The summed E-state index contributed by atoms with van der Waals surface area (Å²) in [4.78, 5) is 34.0. The summed E-state index contributed by atoms with van der Waals surface area (Å²) in [6.07, 6.45) is 0. The van der Waals surface area contributed by atoms with Crippen LogP contribution in [0, 0.1) is 0 Å². The summed E-state index contributed by atoms with van der Waals surface area (Å²) in [5.41, 5.74) is 1.80. The number of nitrogens with zero attached hydrogens (tertiary/aromatic N) is 3. The Morgan fingerprint density at radius 2 is 1.34 bits per heavy atom. The molecule has 9 heteroatoms. The fourth-order valence-electron chi connectivity index (χ4n) is 4.20. The zero-order valence-corrected chi connectivity index (χ0v) is 21.5. The van der Waals surface area contributed by atoms with Crippen LogP contribution < -0.4 is 9.80 Å². The predicted octanol–water partition coefficient (Wildman–Crippen LogP) is 6.35. The van der Waals surface area contributed by atoms with Crippen molar-refractivity contribution in [2.45, 2.75) is 4.90 Å². The Hall–Kier alpha value is -2.64. The van der Waals surface area contributed by atoms with Crippen LogP contribution in [0.3, 0.4) is 0 Å². The van der Waals surface area contributed by atoms with E-state index in [2.05, 4.69) is 17.0 Å². The molecule has 5 rings (SSSR count). The van der Waals surface area contributed by atoms with Crippen molar-refractivity contribution in [3.05, 3.63) is 98.5 Å². The van der Waals surface area contributed by atoms with Crippen molar-refractivity contribution in [3.8, 4) is 0 Å². The van der Waals surface area contributed by atoms with Crippen LogP contribution in [0.25, 0.3) is 0 Å². The molecule has 0 atom stereocenters. The van der Waals surface area contributed by atoms with E-state index < -0.39 is 11.8 Å². The minimum Gasteiger partial charge on any atom is -0.368 e. The fourth-order valence-corrected chi connectivity index (χ4v) is 5.71. The van der Waals surface area contributed by atoms with Crippen molar-refractivity contribution in [2.75, 3.05) is 36.0 Å². The molecule has 1 fully saturated rings. The standard InChI is InChI=1S/C26H20Cl3N3O2S/c27-17-9-11-19(12-10-17)35-24-23(31-15-13-30(14-16-31)18-5-2-1-3-6-18)25(33)32(26(24)34)21-8-4-7-20(28)22(21)29/h1-12H,13-16H2. The second-order valence-electron chi connectivity index (χ2n) is 8.06. The number of halogens is 3. The third-order valence-corrected chi connectivity index (χ3v) is 8.08. The molecule has 3 aromatic carbocycles. The number of hydrogen-bond acceptors (Lipinski definition) is 5. The van der Waals surface area contributed by atoms with Gasteiger partial charge < -0.3 is 9.80 Å². The van der Waals surface area contributed by atoms with E-state index in [1.807, 2.05) is 35.2 Å². The van der Waals surface area contributed by atoms with Crippen molar-refractivity contribution in [2.24, 2.45) is 0 Å². The molecule has 1 saturated heterocycles. The number of anilines is 2. The number of benzene rings is 3. The van der Waals surface area contributed by atoms with Crippen LogP contribution in [0.1, 0.15) is 0 Å². The van der Waals surface area contributed by atoms with E-state index in [9.17, 15) is 9.59 Å². The van der Waals surface area contributed by atoms with Gasteiger partial charge in [0.25, 0.3) is 11.8 Å². The first-order valence-electron chi connectivity index (χ1n) is 11.0. The SMILES string of the molecule is O=C1C(Sc2ccc(Cl)cc2)=C(N2CCN(c3ccccc3)CC2)C(=O)N1c1cccc(Cl)c1Cl. The van der Waals surface area contributed by atoms with Crippen LogP contribution in [0.5, 0.6) is 0 Å². The largest absolute Gasteiger partial charge is 0.368 e. The molecule has 0 spiro atoms. The molecule has 5 nitrogen and oxygen atoms in total. The van der Waals surface area contributed by atoms with E-state index in [1.165, 1.54) is 11.8 Å². The molecule has 0 N–H and O–H groups in total. The van der Waals surface area contributed by atoms with Crippen LogP contribution in [0.4, 0.5) is 11.4 Å². The van der Waals surface area contributed by atoms with Gasteiger partial charge in [-0.25, -0.2) is 4.90 Å². The van der Waals surface area contributed by atoms with Gasteiger partial charge in [0.05, 0.1) is 15.7 Å². The summed E-state index contributed by atoms with van der Waals surface area (Å²) in [6.45, 7) is 2.66. The predicted molar refractivity (Wildman–Crippen MR) is 144 cm³/mol. The van der Waals surface area contributed by atoms with E-state index in [-0.39, 0.29) is 15.7 Å². The molecule has 2 aliphatic rings. The molecule has 2 amide bonds. The Kier molecular flexibility index (Phi) is 6.98.